The van der Waals surface area contributed by atoms with E-state index in [1.807, 2.05) is 19.9 Å². The Morgan fingerprint density at radius 2 is 2.17 bits per heavy atom. The van der Waals surface area contributed by atoms with Gasteiger partial charge in [0.2, 0.25) is 0 Å². The lowest BCUT2D eigenvalue weighted by atomic mass is 10.1. The van der Waals surface area contributed by atoms with Gasteiger partial charge < -0.3 is 9.64 Å². The molecule has 1 saturated heterocycles. The van der Waals surface area contributed by atoms with E-state index >= 15 is 0 Å². The Kier molecular flexibility index (Phi) is 3.71. The Hall–Kier alpha value is -1.36. The molecule has 0 spiro atoms. The summed E-state index contributed by atoms with van der Waals surface area (Å²) in [5.41, 5.74) is 0.767. The summed E-state index contributed by atoms with van der Waals surface area (Å²) in [4.78, 5) is 27.7. The largest absolute Gasteiger partial charge is 0.469 e. The summed E-state index contributed by atoms with van der Waals surface area (Å²) in [7, 11) is 1.39. The zero-order valence-corrected chi connectivity index (χ0v) is 11.7. The monoisotopic (exact) mass is 267 g/mol. The maximum atomic E-state index is 12.3. The molecule has 2 rings (SSSR count). The molecule has 1 amide bonds. The summed E-state index contributed by atoms with van der Waals surface area (Å²) in [6.07, 6.45) is 0.695. The average molecular weight is 267 g/mol. The van der Waals surface area contributed by atoms with Gasteiger partial charge in [0, 0.05) is 22.8 Å². The zero-order valence-electron chi connectivity index (χ0n) is 10.9. The molecule has 0 saturated carbocycles. The third-order valence-electron chi connectivity index (χ3n) is 3.28. The number of esters is 1. The number of nitrogens with zero attached hydrogens (tertiary/aromatic N) is 1. The summed E-state index contributed by atoms with van der Waals surface area (Å²) in [5, 5.41) is 0. The van der Waals surface area contributed by atoms with Crippen molar-refractivity contribution in [2.24, 2.45) is 5.92 Å². The third kappa shape index (κ3) is 2.41. The second kappa shape index (κ2) is 5.10. The van der Waals surface area contributed by atoms with Crippen molar-refractivity contribution in [1.82, 2.24) is 4.90 Å². The van der Waals surface area contributed by atoms with Crippen LogP contribution in [0.25, 0.3) is 0 Å². The molecular formula is C13H17NO3S. The first-order chi connectivity index (χ1) is 8.52. The van der Waals surface area contributed by atoms with Crippen LogP contribution in [0.4, 0.5) is 0 Å². The molecule has 1 fully saturated rings. The Morgan fingerprint density at radius 3 is 2.72 bits per heavy atom. The van der Waals surface area contributed by atoms with Gasteiger partial charge in [-0.15, -0.1) is 11.3 Å². The summed E-state index contributed by atoms with van der Waals surface area (Å²) < 4.78 is 4.72. The molecule has 1 aromatic rings. The summed E-state index contributed by atoms with van der Waals surface area (Å²) in [5.74, 6) is -0.356. The fourth-order valence-corrected chi connectivity index (χ4v) is 3.23. The molecule has 98 valence electrons. The second-order valence-corrected chi connectivity index (χ2v) is 6.05. The molecular weight excluding hydrogens is 250 g/mol. The fraction of sp³-hybridized carbons (Fsp3) is 0.538. The predicted octanol–water partition coefficient (Wildman–Crippen LogP) is 2.00. The number of methoxy groups -OCH3 is 1. The molecule has 0 aromatic carbocycles. The van der Waals surface area contributed by atoms with Crippen LogP contribution in [0, 0.1) is 19.8 Å². The lowest BCUT2D eigenvalue weighted by Crippen LogP contribution is -2.30. The molecule has 1 aliphatic heterocycles. The number of likely N-dealkylation sites (tertiary alicyclic amines) is 1. The minimum Gasteiger partial charge on any atom is -0.469 e. The average Bonchev–Trinajstić information content (AvgIpc) is 2.94. The molecule has 2 heterocycles. The number of carbonyl (C=O) groups excluding carboxylic acids is 2. The van der Waals surface area contributed by atoms with Crippen LogP contribution in [0.15, 0.2) is 6.07 Å². The Balaban J connectivity index is 2.08. The number of carbonyl (C=O) groups is 2. The van der Waals surface area contributed by atoms with E-state index in [0.717, 1.165) is 15.3 Å². The van der Waals surface area contributed by atoms with Gasteiger partial charge in [-0.2, -0.15) is 0 Å². The molecule has 0 bridgehead atoms. The van der Waals surface area contributed by atoms with Crippen LogP contribution in [-0.2, 0) is 9.53 Å². The number of ether oxygens (including phenoxy) is 1. The van der Waals surface area contributed by atoms with Crippen LogP contribution >= 0.6 is 11.3 Å². The highest BCUT2D eigenvalue weighted by molar-refractivity contribution is 7.12. The molecule has 0 aliphatic carbocycles. The van der Waals surface area contributed by atoms with Gasteiger partial charge in [-0.05, 0) is 26.3 Å². The van der Waals surface area contributed by atoms with Gasteiger partial charge >= 0.3 is 5.97 Å². The van der Waals surface area contributed by atoms with E-state index in [0.29, 0.717) is 19.5 Å². The SMILES string of the molecule is COC(=O)C1CCN(C(=O)c2cc(C)sc2C)C1. The van der Waals surface area contributed by atoms with E-state index in [1.54, 1.807) is 16.2 Å². The van der Waals surface area contributed by atoms with E-state index < -0.39 is 0 Å². The first-order valence-electron chi connectivity index (χ1n) is 5.97. The highest BCUT2D eigenvalue weighted by Crippen LogP contribution is 2.25. The van der Waals surface area contributed by atoms with Crippen molar-refractivity contribution in [2.45, 2.75) is 20.3 Å². The molecule has 1 unspecified atom stereocenters. The topological polar surface area (TPSA) is 46.6 Å². The normalized spacial score (nSPS) is 19.1. The number of rotatable bonds is 2. The minimum absolute atomic E-state index is 0.0308. The molecule has 18 heavy (non-hydrogen) atoms. The van der Waals surface area contributed by atoms with Gasteiger partial charge in [0.05, 0.1) is 18.6 Å². The van der Waals surface area contributed by atoms with Crippen LogP contribution in [0.3, 0.4) is 0 Å². The highest BCUT2D eigenvalue weighted by atomic mass is 32.1. The number of amides is 1. The predicted molar refractivity (Wildman–Crippen MR) is 69.8 cm³/mol. The van der Waals surface area contributed by atoms with Gasteiger partial charge in [0.15, 0.2) is 0 Å². The van der Waals surface area contributed by atoms with Crippen LogP contribution in [0.5, 0.6) is 0 Å². The van der Waals surface area contributed by atoms with Crippen LogP contribution in [0.1, 0.15) is 26.5 Å². The van der Waals surface area contributed by atoms with Crippen molar-refractivity contribution in [2.75, 3.05) is 20.2 Å². The van der Waals surface area contributed by atoms with E-state index in [2.05, 4.69) is 0 Å². The van der Waals surface area contributed by atoms with Crippen LogP contribution in [0.2, 0.25) is 0 Å². The lowest BCUT2D eigenvalue weighted by Gasteiger charge is -2.15. The van der Waals surface area contributed by atoms with Crippen molar-refractivity contribution in [1.29, 1.82) is 0 Å². The maximum absolute atomic E-state index is 12.3. The van der Waals surface area contributed by atoms with Crippen molar-refractivity contribution >= 4 is 23.2 Å². The first-order valence-corrected chi connectivity index (χ1v) is 6.78. The van der Waals surface area contributed by atoms with Gasteiger partial charge in [-0.3, -0.25) is 9.59 Å². The summed E-state index contributed by atoms with van der Waals surface area (Å²) >= 11 is 1.63. The third-order valence-corrected chi connectivity index (χ3v) is 4.25. The van der Waals surface area contributed by atoms with Crippen LogP contribution in [-0.4, -0.2) is 37.0 Å². The van der Waals surface area contributed by atoms with Crippen molar-refractivity contribution in [3.63, 3.8) is 0 Å². The number of thiophene rings is 1. The molecule has 1 atom stereocenters. The summed E-state index contributed by atoms with van der Waals surface area (Å²) in [6, 6.07) is 1.92. The minimum atomic E-state index is -0.219. The second-order valence-electron chi connectivity index (χ2n) is 4.59. The lowest BCUT2D eigenvalue weighted by molar-refractivity contribution is -0.144. The Morgan fingerprint density at radius 1 is 1.44 bits per heavy atom. The number of aryl methyl sites for hydroxylation is 2. The van der Waals surface area contributed by atoms with E-state index in [4.69, 9.17) is 4.74 Å². The maximum Gasteiger partial charge on any atom is 0.310 e. The standard InChI is InChI=1S/C13H17NO3S/c1-8-6-11(9(2)18-8)12(15)14-5-4-10(7-14)13(16)17-3/h6,10H,4-5,7H2,1-3H3. The molecule has 1 aromatic heterocycles. The Labute approximate surface area is 111 Å². The van der Waals surface area contributed by atoms with Gasteiger partial charge in [-0.25, -0.2) is 0 Å². The van der Waals surface area contributed by atoms with Crippen molar-refractivity contribution < 1.29 is 14.3 Å². The number of hydrogen-bond donors (Lipinski definition) is 0. The zero-order chi connectivity index (χ0) is 13.3. The molecule has 1 aliphatic rings. The molecule has 0 N–H and O–H groups in total. The summed E-state index contributed by atoms with van der Waals surface area (Å²) in [6.45, 7) is 5.06. The Bertz CT molecular complexity index is 481. The van der Waals surface area contributed by atoms with Crippen molar-refractivity contribution in [3.8, 4) is 0 Å². The van der Waals surface area contributed by atoms with Crippen LogP contribution < -0.4 is 0 Å². The fourth-order valence-electron chi connectivity index (χ4n) is 2.32. The molecule has 0 radical (unpaired) electrons. The number of hydrogen-bond acceptors (Lipinski definition) is 4. The highest BCUT2D eigenvalue weighted by Gasteiger charge is 2.32. The first kappa shape index (κ1) is 13.1. The van der Waals surface area contributed by atoms with E-state index in [9.17, 15) is 9.59 Å². The molecule has 5 heteroatoms. The molecule has 4 nitrogen and oxygen atoms in total. The smallest absolute Gasteiger partial charge is 0.310 e. The van der Waals surface area contributed by atoms with Gasteiger partial charge in [0.25, 0.3) is 5.91 Å². The van der Waals surface area contributed by atoms with Crippen molar-refractivity contribution in [3.05, 3.63) is 21.4 Å². The van der Waals surface area contributed by atoms with E-state index in [-0.39, 0.29) is 17.8 Å². The van der Waals surface area contributed by atoms with E-state index in [1.165, 1.54) is 7.11 Å². The quantitative estimate of drug-likeness (QED) is 0.770. The van der Waals surface area contributed by atoms with Gasteiger partial charge in [-0.1, -0.05) is 0 Å². The van der Waals surface area contributed by atoms with Gasteiger partial charge in [0.1, 0.15) is 0 Å².